The summed E-state index contributed by atoms with van der Waals surface area (Å²) in [4.78, 5) is 46.2. The molecule has 3 saturated heterocycles. The molecular formula is C30H48N6O3. The van der Waals surface area contributed by atoms with Crippen LogP contribution in [0.3, 0.4) is 0 Å². The van der Waals surface area contributed by atoms with Gasteiger partial charge in [-0.05, 0) is 69.1 Å². The minimum absolute atomic E-state index is 0.332. The second-order valence-electron chi connectivity index (χ2n) is 11.5. The van der Waals surface area contributed by atoms with Crippen LogP contribution in [0.2, 0.25) is 0 Å². The molecule has 1 aromatic carbocycles. The Bertz CT molecular complexity index is 908. The van der Waals surface area contributed by atoms with E-state index in [4.69, 9.17) is 0 Å². The molecule has 9 heteroatoms. The van der Waals surface area contributed by atoms with Crippen LogP contribution in [0.15, 0.2) is 18.2 Å². The van der Waals surface area contributed by atoms with E-state index >= 15 is 0 Å². The Morgan fingerprint density at radius 3 is 2.26 bits per heavy atom. The molecule has 1 unspecified atom stereocenters. The van der Waals surface area contributed by atoms with E-state index in [0.29, 0.717) is 24.9 Å². The molecule has 0 bridgehead atoms. The Kier molecular flexibility index (Phi) is 11.9. The predicted molar refractivity (Wildman–Crippen MR) is 156 cm³/mol. The number of nitrogens with one attached hydrogen (secondary N) is 1. The number of carbonyl (C=O) groups excluding carboxylic acids is 3. The number of hydrogen-bond acceptors (Lipinski definition) is 9. The normalized spacial score (nSPS) is 21.2. The van der Waals surface area contributed by atoms with Gasteiger partial charge >= 0.3 is 0 Å². The lowest BCUT2D eigenvalue weighted by atomic mass is 9.96. The minimum Gasteiger partial charge on any atom is -0.369 e. The zero-order valence-electron chi connectivity index (χ0n) is 23.8. The number of hydrogen-bond donors (Lipinski definition) is 1. The van der Waals surface area contributed by atoms with E-state index in [1.165, 1.54) is 58.7 Å². The molecular weight excluding hydrogens is 492 g/mol. The SMILES string of the molecule is CN(Cc1cc(N2CCN(CC3CCN(CCN4CCNCC4)CC3)CC2)ccc1C=O)C(C=O)CCC=O. The molecule has 0 aliphatic carbocycles. The second-order valence-corrected chi connectivity index (χ2v) is 11.5. The highest BCUT2D eigenvalue weighted by Crippen LogP contribution is 2.24. The van der Waals surface area contributed by atoms with Gasteiger partial charge in [0.2, 0.25) is 0 Å². The third-order valence-electron chi connectivity index (χ3n) is 8.88. The lowest BCUT2D eigenvalue weighted by molar-refractivity contribution is -0.113. The summed E-state index contributed by atoms with van der Waals surface area (Å²) < 4.78 is 0. The zero-order chi connectivity index (χ0) is 27.5. The molecule has 0 saturated carbocycles. The third-order valence-corrected chi connectivity index (χ3v) is 8.88. The fourth-order valence-electron chi connectivity index (χ4n) is 6.22. The number of benzene rings is 1. The maximum Gasteiger partial charge on any atom is 0.150 e. The highest BCUT2D eigenvalue weighted by molar-refractivity contribution is 5.78. The van der Waals surface area contributed by atoms with Gasteiger partial charge in [0.05, 0.1) is 6.04 Å². The summed E-state index contributed by atoms with van der Waals surface area (Å²) in [7, 11) is 1.88. The monoisotopic (exact) mass is 540 g/mol. The van der Waals surface area contributed by atoms with Crippen molar-refractivity contribution in [2.24, 2.45) is 5.92 Å². The molecule has 3 heterocycles. The molecule has 1 N–H and O–H groups in total. The van der Waals surface area contributed by atoms with Crippen LogP contribution < -0.4 is 10.2 Å². The van der Waals surface area contributed by atoms with Crippen LogP contribution >= 0.6 is 0 Å². The lowest BCUT2D eigenvalue weighted by Gasteiger charge is -2.40. The Balaban J connectivity index is 1.21. The molecule has 1 aromatic rings. The first kappa shape index (κ1) is 29.8. The first-order valence-electron chi connectivity index (χ1n) is 14.9. The first-order chi connectivity index (χ1) is 19.1. The summed E-state index contributed by atoms with van der Waals surface area (Å²) in [5.74, 6) is 0.797. The van der Waals surface area contributed by atoms with Crippen LogP contribution in [0.1, 0.15) is 41.6 Å². The van der Waals surface area contributed by atoms with Gasteiger partial charge < -0.3 is 24.7 Å². The van der Waals surface area contributed by atoms with E-state index in [1.54, 1.807) is 0 Å². The molecule has 3 aliphatic heterocycles. The van der Waals surface area contributed by atoms with Crippen LogP contribution in [-0.4, -0.2) is 137 Å². The summed E-state index contributed by atoms with van der Waals surface area (Å²) in [6, 6.07) is 5.71. The highest BCUT2D eigenvalue weighted by Gasteiger charge is 2.25. The number of likely N-dealkylation sites (N-methyl/N-ethyl adjacent to an activating group) is 1. The third kappa shape index (κ3) is 8.91. The predicted octanol–water partition coefficient (Wildman–Crippen LogP) is 1.22. The van der Waals surface area contributed by atoms with Crippen LogP contribution in [0.25, 0.3) is 0 Å². The van der Waals surface area contributed by atoms with Crippen molar-refractivity contribution in [3.63, 3.8) is 0 Å². The number of piperazine rings is 2. The number of rotatable bonds is 14. The summed E-state index contributed by atoms with van der Waals surface area (Å²) in [5.41, 5.74) is 2.72. The minimum atomic E-state index is -0.332. The van der Waals surface area contributed by atoms with Crippen LogP contribution in [0.4, 0.5) is 5.69 Å². The van der Waals surface area contributed by atoms with Crippen molar-refractivity contribution >= 4 is 24.5 Å². The van der Waals surface area contributed by atoms with Crippen LogP contribution in [0, 0.1) is 5.92 Å². The zero-order valence-corrected chi connectivity index (χ0v) is 23.8. The van der Waals surface area contributed by atoms with Crippen molar-refractivity contribution < 1.29 is 14.4 Å². The van der Waals surface area contributed by atoms with Gasteiger partial charge in [0.15, 0.2) is 0 Å². The van der Waals surface area contributed by atoms with E-state index in [0.717, 1.165) is 75.3 Å². The van der Waals surface area contributed by atoms with Crippen LogP contribution in [-0.2, 0) is 16.1 Å². The van der Waals surface area contributed by atoms with Crippen molar-refractivity contribution in [1.29, 1.82) is 0 Å². The molecule has 3 aliphatic rings. The van der Waals surface area contributed by atoms with E-state index < -0.39 is 0 Å². The summed E-state index contributed by atoms with van der Waals surface area (Å²) in [6.07, 6.45) is 6.10. The van der Waals surface area contributed by atoms with Crippen molar-refractivity contribution in [2.45, 2.75) is 38.3 Å². The van der Waals surface area contributed by atoms with Gasteiger partial charge in [-0.15, -0.1) is 0 Å². The Hall–Kier alpha value is -2.17. The maximum absolute atomic E-state index is 11.7. The Morgan fingerprint density at radius 2 is 1.62 bits per heavy atom. The van der Waals surface area contributed by atoms with Crippen molar-refractivity contribution in [1.82, 2.24) is 24.9 Å². The molecule has 39 heavy (non-hydrogen) atoms. The number of aldehydes is 3. The molecule has 1 atom stereocenters. The fraction of sp³-hybridized carbons (Fsp3) is 0.700. The van der Waals surface area contributed by atoms with Crippen LogP contribution in [0.5, 0.6) is 0 Å². The molecule has 4 rings (SSSR count). The number of nitrogens with zero attached hydrogens (tertiary/aromatic N) is 5. The molecule has 216 valence electrons. The van der Waals surface area contributed by atoms with E-state index in [-0.39, 0.29) is 6.04 Å². The van der Waals surface area contributed by atoms with Crippen molar-refractivity contribution in [3.05, 3.63) is 29.3 Å². The summed E-state index contributed by atoms with van der Waals surface area (Å²) >= 11 is 0. The smallest absolute Gasteiger partial charge is 0.150 e. The lowest BCUT2D eigenvalue weighted by Crippen LogP contribution is -2.49. The van der Waals surface area contributed by atoms with E-state index in [1.807, 2.05) is 24.1 Å². The second kappa shape index (κ2) is 15.6. The van der Waals surface area contributed by atoms with Gasteiger partial charge in [-0.25, -0.2) is 0 Å². The van der Waals surface area contributed by atoms with Gasteiger partial charge in [-0.2, -0.15) is 0 Å². The van der Waals surface area contributed by atoms with Gasteiger partial charge in [0.25, 0.3) is 0 Å². The fourth-order valence-corrected chi connectivity index (χ4v) is 6.22. The molecule has 0 aromatic heterocycles. The molecule has 3 fully saturated rings. The van der Waals surface area contributed by atoms with Crippen molar-refractivity contribution in [2.75, 3.05) is 97.0 Å². The topological polar surface area (TPSA) is 79.4 Å². The van der Waals surface area contributed by atoms with E-state index in [9.17, 15) is 14.4 Å². The summed E-state index contributed by atoms with van der Waals surface area (Å²) in [5, 5.41) is 3.44. The maximum atomic E-state index is 11.7. The molecule has 9 nitrogen and oxygen atoms in total. The standard InChI is InChI=1S/C30H48N6O3/c1-32(30(25-39)3-2-20-37)23-28-21-29(5-4-27(28)24-38)36-18-16-35(17-19-36)22-26-6-10-33(11-7-26)14-15-34-12-8-31-9-13-34/h4-5,20-21,24-26,30-31H,2-3,6-19,22-23H2,1H3. The first-order valence-corrected chi connectivity index (χ1v) is 14.9. The Labute approximate surface area is 234 Å². The number of anilines is 1. The molecule has 0 radical (unpaired) electrons. The van der Waals surface area contributed by atoms with Gasteiger partial charge in [0, 0.05) is 96.2 Å². The number of piperidine rings is 1. The molecule has 0 amide bonds. The largest absolute Gasteiger partial charge is 0.369 e. The Morgan fingerprint density at radius 1 is 0.923 bits per heavy atom. The quantitative estimate of drug-likeness (QED) is 0.351. The van der Waals surface area contributed by atoms with E-state index in [2.05, 4.69) is 31.0 Å². The molecule has 0 spiro atoms. The van der Waals surface area contributed by atoms with Gasteiger partial charge in [-0.1, -0.05) is 0 Å². The highest BCUT2D eigenvalue weighted by atomic mass is 16.1. The average Bonchev–Trinajstić information content (AvgIpc) is 2.98. The average molecular weight is 541 g/mol. The van der Waals surface area contributed by atoms with Crippen molar-refractivity contribution in [3.8, 4) is 0 Å². The number of carbonyl (C=O) groups is 3. The number of likely N-dealkylation sites (tertiary alicyclic amines) is 1. The van der Waals surface area contributed by atoms with Gasteiger partial charge in [0.1, 0.15) is 18.9 Å². The van der Waals surface area contributed by atoms with Gasteiger partial charge in [-0.3, -0.25) is 19.5 Å². The summed E-state index contributed by atoms with van der Waals surface area (Å²) in [6.45, 7) is 15.3.